The Morgan fingerprint density at radius 1 is 1.08 bits per heavy atom. The Bertz CT molecular complexity index is 680. The number of hydrogen-bond acceptors (Lipinski definition) is 3. The number of quaternary nitrogens is 1. The van der Waals surface area contributed by atoms with Crippen LogP contribution in [0.4, 0.5) is 11.4 Å². The van der Waals surface area contributed by atoms with Crippen molar-refractivity contribution in [1.82, 2.24) is 0 Å². The molecule has 0 saturated carbocycles. The van der Waals surface area contributed by atoms with Gasteiger partial charge in [0.15, 0.2) is 6.04 Å². The first-order valence-electron chi connectivity index (χ1n) is 8.77. The smallest absolute Gasteiger partial charge is 0.282 e. The van der Waals surface area contributed by atoms with E-state index < -0.39 is 0 Å². The zero-order valence-corrected chi connectivity index (χ0v) is 14.9. The maximum absolute atomic E-state index is 12.5. The number of anilines is 2. The van der Waals surface area contributed by atoms with Gasteiger partial charge in [-0.1, -0.05) is 18.2 Å². The highest BCUT2D eigenvalue weighted by Gasteiger charge is 2.29. The number of amides is 1. The molecule has 25 heavy (non-hydrogen) atoms. The zero-order valence-electron chi connectivity index (χ0n) is 14.9. The molecular formula is C20H26N3O2+. The van der Waals surface area contributed by atoms with Gasteiger partial charge < -0.3 is 19.9 Å². The summed E-state index contributed by atoms with van der Waals surface area (Å²) >= 11 is 0. The van der Waals surface area contributed by atoms with Crippen LogP contribution in [0.1, 0.15) is 6.92 Å². The zero-order chi connectivity index (χ0) is 17.6. The van der Waals surface area contributed by atoms with Crippen LogP contribution in [0.2, 0.25) is 0 Å². The summed E-state index contributed by atoms with van der Waals surface area (Å²) in [6, 6.07) is 17.8. The normalized spacial score (nSPS) is 16.3. The van der Waals surface area contributed by atoms with Crippen LogP contribution < -0.4 is 19.9 Å². The number of hydrogen-bond donors (Lipinski definition) is 2. The predicted molar refractivity (Wildman–Crippen MR) is 100 cm³/mol. The highest BCUT2D eigenvalue weighted by Crippen LogP contribution is 2.19. The Balaban J connectivity index is 1.53. The summed E-state index contributed by atoms with van der Waals surface area (Å²) in [6.07, 6.45) is 0. The Morgan fingerprint density at radius 3 is 2.32 bits per heavy atom. The summed E-state index contributed by atoms with van der Waals surface area (Å²) < 4.78 is 5.21. The van der Waals surface area contributed by atoms with Crippen molar-refractivity contribution < 1.29 is 14.4 Å². The number of ether oxygens (including phenoxy) is 1. The summed E-state index contributed by atoms with van der Waals surface area (Å²) in [5.74, 6) is 0.957. The van der Waals surface area contributed by atoms with E-state index in [1.54, 1.807) is 7.11 Å². The highest BCUT2D eigenvalue weighted by molar-refractivity contribution is 5.93. The average Bonchev–Trinajstić information content (AvgIpc) is 2.68. The van der Waals surface area contributed by atoms with Crippen molar-refractivity contribution in [2.75, 3.05) is 43.5 Å². The van der Waals surface area contributed by atoms with Gasteiger partial charge in [-0.15, -0.1) is 0 Å². The van der Waals surface area contributed by atoms with Gasteiger partial charge in [-0.05, 0) is 43.3 Å². The van der Waals surface area contributed by atoms with E-state index in [0.29, 0.717) is 0 Å². The first-order valence-corrected chi connectivity index (χ1v) is 8.77. The molecule has 0 bridgehead atoms. The van der Waals surface area contributed by atoms with E-state index in [9.17, 15) is 4.79 Å². The lowest BCUT2D eigenvalue weighted by Gasteiger charge is -2.36. The van der Waals surface area contributed by atoms with Crippen LogP contribution in [0.3, 0.4) is 0 Å². The fourth-order valence-electron chi connectivity index (χ4n) is 3.24. The Hall–Kier alpha value is -2.53. The van der Waals surface area contributed by atoms with Crippen LogP contribution in [-0.2, 0) is 4.79 Å². The lowest BCUT2D eigenvalue weighted by Crippen LogP contribution is -3.19. The van der Waals surface area contributed by atoms with E-state index in [0.717, 1.165) is 37.6 Å². The molecule has 3 rings (SSSR count). The molecule has 1 aliphatic heterocycles. The lowest BCUT2D eigenvalue weighted by atomic mass is 10.2. The summed E-state index contributed by atoms with van der Waals surface area (Å²) in [4.78, 5) is 16.2. The molecule has 0 unspecified atom stereocenters. The van der Waals surface area contributed by atoms with Crippen LogP contribution in [0.5, 0.6) is 5.75 Å². The third kappa shape index (κ3) is 4.31. The minimum Gasteiger partial charge on any atom is -0.497 e. The molecule has 0 aliphatic carbocycles. The summed E-state index contributed by atoms with van der Waals surface area (Å²) in [5.41, 5.74) is 2.07. The number of nitrogens with one attached hydrogen (secondary N) is 2. The fourth-order valence-corrected chi connectivity index (χ4v) is 3.24. The monoisotopic (exact) mass is 340 g/mol. The minimum absolute atomic E-state index is 0.0572. The molecule has 0 aromatic heterocycles. The van der Waals surface area contributed by atoms with Gasteiger partial charge in [-0.25, -0.2) is 0 Å². The SMILES string of the molecule is COc1ccc(N2CC[NH+]([C@H](C)C(=O)Nc3ccccc3)CC2)cc1. The van der Waals surface area contributed by atoms with Crippen LogP contribution in [0.15, 0.2) is 54.6 Å². The molecule has 2 N–H and O–H groups in total. The highest BCUT2D eigenvalue weighted by atomic mass is 16.5. The van der Waals surface area contributed by atoms with Gasteiger partial charge in [0, 0.05) is 11.4 Å². The average molecular weight is 340 g/mol. The second-order valence-electron chi connectivity index (χ2n) is 6.42. The molecule has 1 atom stereocenters. The molecule has 5 heteroatoms. The minimum atomic E-state index is -0.0572. The van der Waals surface area contributed by atoms with Crippen LogP contribution in [-0.4, -0.2) is 45.2 Å². The number of carbonyl (C=O) groups excluding carboxylic acids is 1. The third-order valence-corrected chi connectivity index (χ3v) is 4.89. The third-order valence-electron chi connectivity index (χ3n) is 4.89. The Labute approximate surface area is 149 Å². The standard InChI is InChI=1S/C20H25N3O2/c1-16(20(24)21-17-6-4-3-5-7-17)22-12-14-23(15-13-22)18-8-10-19(25-2)11-9-18/h3-11,16H,12-15H2,1-2H3,(H,21,24)/p+1/t16-/m1/s1. The Kier molecular flexibility index (Phi) is 5.56. The fraction of sp³-hybridized carbons (Fsp3) is 0.350. The van der Waals surface area contributed by atoms with Gasteiger partial charge in [0.1, 0.15) is 5.75 Å². The topological polar surface area (TPSA) is 46.0 Å². The maximum atomic E-state index is 12.5. The molecule has 1 saturated heterocycles. The number of methoxy groups -OCH3 is 1. The number of carbonyl (C=O) groups is 1. The first kappa shape index (κ1) is 17.3. The molecule has 2 aromatic carbocycles. The number of rotatable bonds is 5. The van der Waals surface area contributed by atoms with Crippen molar-refractivity contribution in [3.05, 3.63) is 54.6 Å². The van der Waals surface area contributed by atoms with Crippen molar-refractivity contribution in [3.63, 3.8) is 0 Å². The van der Waals surface area contributed by atoms with Crippen molar-refractivity contribution >= 4 is 17.3 Å². The quantitative estimate of drug-likeness (QED) is 0.866. The molecule has 132 valence electrons. The van der Waals surface area contributed by atoms with E-state index in [1.807, 2.05) is 49.4 Å². The van der Waals surface area contributed by atoms with E-state index >= 15 is 0 Å². The maximum Gasteiger partial charge on any atom is 0.282 e. The van der Waals surface area contributed by atoms with E-state index in [1.165, 1.54) is 10.6 Å². The van der Waals surface area contributed by atoms with Gasteiger partial charge in [0.05, 0.1) is 33.3 Å². The van der Waals surface area contributed by atoms with Crippen molar-refractivity contribution in [3.8, 4) is 5.75 Å². The van der Waals surface area contributed by atoms with Crippen molar-refractivity contribution in [2.24, 2.45) is 0 Å². The summed E-state index contributed by atoms with van der Waals surface area (Å²) in [5, 5.41) is 3.01. The number of nitrogens with zero attached hydrogens (tertiary/aromatic N) is 1. The molecule has 0 spiro atoms. The van der Waals surface area contributed by atoms with Crippen LogP contribution in [0.25, 0.3) is 0 Å². The van der Waals surface area contributed by atoms with Gasteiger partial charge in [-0.2, -0.15) is 0 Å². The molecule has 1 fully saturated rings. The number of benzene rings is 2. The molecule has 1 aliphatic rings. The lowest BCUT2D eigenvalue weighted by molar-refractivity contribution is -0.914. The van der Waals surface area contributed by atoms with Gasteiger partial charge in [0.25, 0.3) is 5.91 Å². The molecule has 0 radical (unpaired) electrons. The Morgan fingerprint density at radius 2 is 1.72 bits per heavy atom. The van der Waals surface area contributed by atoms with E-state index in [2.05, 4.69) is 22.3 Å². The second kappa shape index (κ2) is 8.03. The predicted octanol–water partition coefficient (Wildman–Crippen LogP) is 1.43. The van der Waals surface area contributed by atoms with Crippen LogP contribution >= 0.6 is 0 Å². The second-order valence-corrected chi connectivity index (χ2v) is 6.42. The van der Waals surface area contributed by atoms with Gasteiger partial charge >= 0.3 is 0 Å². The van der Waals surface area contributed by atoms with Gasteiger partial charge in [-0.3, -0.25) is 4.79 Å². The largest absolute Gasteiger partial charge is 0.497 e. The van der Waals surface area contributed by atoms with Gasteiger partial charge in [0.2, 0.25) is 0 Å². The van der Waals surface area contributed by atoms with E-state index in [-0.39, 0.29) is 11.9 Å². The van der Waals surface area contributed by atoms with Crippen molar-refractivity contribution in [2.45, 2.75) is 13.0 Å². The molecular weight excluding hydrogens is 314 g/mol. The number of piperazine rings is 1. The molecule has 2 aromatic rings. The molecule has 5 nitrogen and oxygen atoms in total. The van der Waals surface area contributed by atoms with E-state index in [4.69, 9.17) is 4.74 Å². The summed E-state index contributed by atoms with van der Waals surface area (Å²) in [6.45, 7) is 5.82. The van der Waals surface area contributed by atoms with Crippen LogP contribution in [0, 0.1) is 0 Å². The number of para-hydroxylation sites is 1. The molecule has 1 amide bonds. The van der Waals surface area contributed by atoms with Crippen molar-refractivity contribution in [1.29, 1.82) is 0 Å². The first-order chi connectivity index (χ1) is 12.2. The summed E-state index contributed by atoms with van der Waals surface area (Å²) in [7, 11) is 1.68. The molecule has 1 heterocycles.